The summed E-state index contributed by atoms with van der Waals surface area (Å²) >= 11 is 0. The average molecular weight is 292 g/mol. The van der Waals surface area contributed by atoms with Crippen molar-refractivity contribution in [2.45, 2.75) is 6.54 Å². The van der Waals surface area contributed by atoms with Gasteiger partial charge in [-0.1, -0.05) is 12.1 Å². The van der Waals surface area contributed by atoms with Crippen molar-refractivity contribution in [3.63, 3.8) is 0 Å². The number of nitro benzene ring substituents is 1. The molecule has 0 aliphatic carbocycles. The van der Waals surface area contributed by atoms with Crippen molar-refractivity contribution in [2.24, 2.45) is 0 Å². The lowest BCUT2D eigenvalue weighted by Crippen LogP contribution is -2.03. The lowest BCUT2D eigenvalue weighted by atomic mass is 10.2. The van der Waals surface area contributed by atoms with Crippen LogP contribution in [0.2, 0.25) is 0 Å². The number of rotatable bonds is 5. The molecule has 2 rings (SSSR count). The van der Waals surface area contributed by atoms with Gasteiger partial charge in [-0.2, -0.15) is 0 Å². The maximum atomic E-state index is 13.8. The molecule has 0 aromatic heterocycles. The number of benzene rings is 2. The summed E-state index contributed by atoms with van der Waals surface area (Å²) in [6.07, 6.45) is 0. The summed E-state index contributed by atoms with van der Waals surface area (Å²) in [4.78, 5) is 10.1. The molecule has 0 amide bonds. The predicted molar refractivity (Wildman–Crippen MR) is 75.0 cm³/mol. The number of halogens is 1. The van der Waals surface area contributed by atoms with Crippen molar-refractivity contribution in [1.29, 1.82) is 0 Å². The third-order valence-electron chi connectivity index (χ3n) is 2.88. The van der Waals surface area contributed by atoms with E-state index in [1.807, 2.05) is 0 Å². The molecule has 0 fully saturated rings. The molecule has 6 nitrogen and oxygen atoms in total. The highest BCUT2D eigenvalue weighted by Gasteiger charge is 2.19. The minimum atomic E-state index is -0.735. The normalized spacial score (nSPS) is 10.2. The van der Waals surface area contributed by atoms with E-state index in [1.165, 1.54) is 25.3 Å². The third kappa shape index (κ3) is 3.38. The number of nitro groups is 1. The van der Waals surface area contributed by atoms with Crippen LogP contribution in [0.5, 0.6) is 11.5 Å². The minimum absolute atomic E-state index is 0.0189. The Morgan fingerprint density at radius 2 is 2.00 bits per heavy atom. The topological polar surface area (TPSA) is 84.6 Å². The van der Waals surface area contributed by atoms with E-state index in [1.54, 1.807) is 12.1 Å². The monoisotopic (exact) mass is 292 g/mol. The summed E-state index contributed by atoms with van der Waals surface area (Å²) in [5.74, 6) is -0.613. The number of ether oxygens (including phenoxy) is 1. The first-order valence-corrected chi connectivity index (χ1v) is 6.05. The molecule has 0 aliphatic rings. The second kappa shape index (κ2) is 6.08. The quantitative estimate of drug-likeness (QED) is 0.653. The molecular weight excluding hydrogens is 279 g/mol. The number of hydrogen-bond donors (Lipinski definition) is 2. The number of anilines is 1. The van der Waals surface area contributed by atoms with Crippen LogP contribution in [0.1, 0.15) is 5.56 Å². The van der Waals surface area contributed by atoms with Gasteiger partial charge in [-0.15, -0.1) is 0 Å². The minimum Gasteiger partial charge on any atom is -0.508 e. The summed E-state index contributed by atoms with van der Waals surface area (Å²) in [6, 6.07) is 8.46. The van der Waals surface area contributed by atoms with E-state index < -0.39 is 16.4 Å². The first-order chi connectivity index (χ1) is 10.0. The van der Waals surface area contributed by atoms with Crippen molar-refractivity contribution >= 4 is 11.4 Å². The Morgan fingerprint density at radius 1 is 1.33 bits per heavy atom. The van der Waals surface area contributed by atoms with Crippen LogP contribution >= 0.6 is 0 Å². The van der Waals surface area contributed by atoms with Gasteiger partial charge < -0.3 is 15.2 Å². The first-order valence-electron chi connectivity index (χ1n) is 6.05. The van der Waals surface area contributed by atoms with Gasteiger partial charge in [0.2, 0.25) is 0 Å². The maximum absolute atomic E-state index is 13.8. The number of nitrogens with zero attached hydrogens (tertiary/aromatic N) is 1. The third-order valence-corrected chi connectivity index (χ3v) is 2.88. The van der Waals surface area contributed by atoms with Crippen LogP contribution in [-0.2, 0) is 6.54 Å². The largest absolute Gasteiger partial charge is 0.508 e. The fourth-order valence-corrected chi connectivity index (χ4v) is 1.80. The lowest BCUT2D eigenvalue weighted by molar-refractivity contribution is -0.385. The Morgan fingerprint density at radius 3 is 2.57 bits per heavy atom. The van der Waals surface area contributed by atoms with Gasteiger partial charge in [-0.05, 0) is 17.7 Å². The van der Waals surface area contributed by atoms with Crippen LogP contribution in [-0.4, -0.2) is 17.1 Å². The van der Waals surface area contributed by atoms with Crippen molar-refractivity contribution in [3.05, 3.63) is 57.9 Å². The number of hydrogen-bond acceptors (Lipinski definition) is 5. The Kier molecular flexibility index (Phi) is 4.22. The molecule has 0 spiro atoms. The smallest absolute Gasteiger partial charge is 0.313 e. The fraction of sp³-hybridized carbons (Fsp3) is 0.143. The molecule has 2 aromatic carbocycles. The Bertz CT molecular complexity index is 659. The van der Waals surface area contributed by atoms with Gasteiger partial charge in [-0.25, -0.2) is 4.39 Å². The van der Waals surface area contributed by atoms with E-state index in [0.29, 0.717) is 6.54 Å². The van der Waals surface area contributed by atoms with E-state index in [9.17, 15) is 19.6 Å². The van der Waals surface area contributed by atoms with Crippen LogP contribution in [0, 0.1) is 15.9 Å². The van der Waals surface area contributed by atoms with Crippen LogP contribution in [0.25, 0.3) is 0 Å². The van der Waals surface area contributed by atoms with E-state index >= 15 is 0 Å². The van der Waals surface area contributed by atoms with Crippen LogP contribution in [0.15, 0.2) is 36.4 Å². The number of methoxy groups -OCH3 is 1. The molecule has 21 heavy (non-hydrogen) atoms. The van der Waals surface area contributed by atoms with Gasteiger partial charge in [0.05, 0.1) is 23.8 Å². The van der Waals surface area contributed by atoms with Gasteiger partial charge in [0.25, 0.3) is 0 Å². The molecule has 0 atom stereocenters. The van der Waals surface area contributed by atoms with Crippen LogP contribution in [0.3, 0.4) is 0 Å². The summed E-state index contributed by atoms with van der Waals surface area (Å²) in [5, 5.41) is 22.8. The van der Waals surface area contributed by atoms with Crippen molar-refractivity contribution in [2.75, 3.05) is 12.4 Å². The highest BCUT2D eigenvalue weighted by atomic mass is 19.1. The molecular formula is C14H13FN2O4. The molecule has 7 heteroatoms. The van der Waals surface area contributed by atoms with Gasteiger partial charge in [0.1, 0.15) is 5.75 Å². The molecule has 0 saturated carbocycles. The zero-order valence-corrected chi connectivity index (χ0v) is 11.2. The number of phenols is 1. The fourth-order valence-electron chi connectivity index (χ4n) is 1.80. The Balaban J connectivity index is 2.20. The maximum Gasteiger partial charge on any atom is 0.313 e. The van der Waals surface area contributed by atoms with E-state index in [-0.39, 0.29) is 17.2 Å². The zero-order chi connectivity index (χ0) is 15.4. The Hall–Kier alpha value is -2.83. The SMILES string of the molecule is COc1cc(NCc2ccc(O)cc2)c(F)cc1[N+](=O)[O-]. The van der Waals surface area contributed by atoms with Crippen LogP contribution in [0.4, 0.5) is 15.8 Å². The molecule has 0 unspecified atom stereocenters. The Labute approximate surface area is 119 Å². The van der Waals surface area contributed by atoms with E-state index in [0.717, 1.165) is 11.6 Å². The molecule has 110 valence electrons. The molecule has 0 heterocycles. The van der Waals surface area contributed by atoms with Crippen molar-refractivity contribution < 1.29 is 19.2 Å². The van der Waals surface area contributed by atoms with E-state index in [4.69, 9.17) is 4.74 Å². The highest BCUT2D eigenvalue weighted by Crippen LogP contribution is 2.32. The van der Waals surface area contributed by atoms with Gasteiger partial charge in [-0.3, -0.25) is 10.1 Å². The molecule has 2 N–H and O–H groups in total. The summed E-state index contributed by atoms with van der Waals surface area (Å²) < 4.78 is 18.7. The van der Waals surface area contributed by atoms with Gasteiger partial charge in [0.15, 0.2) is 11.6 Å². The zero-order valence-electron chi connectivity index (χ0n) is 11.2. The molecule has 0 radical (unpaired) electrons. The number of nitrogens with one attached hydrogen (secondary N) is 1. The number of phenolic OH excluding ortho intramolecular Hbond substituents is 1. The molecule has 0 aliphatic heterocycles. The summed E-state index contributed by atoms with van der Waals surface area (Å²) in [6.45, 7) is 0.304. The van der Waals surface area contributed by atoms with E-state index in [2.05, 4.69) is 5.32 Å². The average Bonchev–Trinajstić information content (AvgIpc) is 2.47. The van der Waals surface area contributed by atoms with Crippen molar-refractivity contribution in [1.82, 2.24) is 0 Å². The second-order valence-electron chi connectivity index (χ2n) is 4.28. The first kappa shape index (κ1) is 14.6. The summed E-state index contributed by atoms with van der Waals surface area (Å²) in [7, 11) is 1.28. The summed E-state index contributed by atoms with van der Waals surface area (Å²) in [5.41, 5.74) is 0.500. The van der Waals surface area contributed by atoms with Crippen molar-refractivity contribution in [3.8, 4) is 11.5 Å². The molecule has 0 saturated heterocycles. The molecule has 2 aromatic rings. The van der Waals surface area contributed by atoms with Crippen LogP contribution < -0.4 is 10.1 Å². The standard InChI is InChI=1S/C14H13FN2O4/c1-21-14-7-12(11(15)6-13(14)17(19)20)16-8-9-2-4-10(18)5-3-9/h2-7,16,18H,8H2,1H3. The predicted octanol–water partition coefficient (Wildman–Crippen LogP) is 3.06. The van der Waals surface area contributed by atoms with Gasteiger partial charge in [0, 0.05) is 12.6 Å². The molecule has 0 bridgehead atoms. The second-order valence-corrected chi connectivity index (χ2v) is 4.28. The highest BCUT2D eigenvalue weighted by molar-refractivity contribution is 5.59. The lowest BCUT2D eigenvalue weighted by Gasteiger charge is -2.10. The number of aromatic hydroxyl groups is 1. The van der Waals surface area contributed by atoms with Gasteiger partial charge >= 0.3 is 5.69 Å².